The molecule has 0 fully saturated rings. The molecule has 8 nitrogen and oxygen atoms in total. The highest BCUT2D eigenvalue weighted by molar-refractivity contribution is 7.89. The number of rotatable bonds is 8. The molecule has 0 unspecified atom stereocenters. The van der Waals surface area contributed by atoms with Gasteiger partial charge < -0.3 is 5.32 Å². The van der Waals surface area contributed by atoms with Crippen LogP contribution in [-0.4, -0.2) is 36.6 Å². The zero-order valence-corrected chi connectivity index (χ0v) is 16.8. The summed E-state index contributed by atoms with van der Waals surface area (Å²) in [5.74, 6) is -0.477. The molecule has 2 aromatic carbocycles. The molecule has 150 valence electrons. The van der Waals surface area contributed by atoms with Crippen LogP contribution in [0.2, 0.25) is 0 Å². The number of amides is 1. The van der Waals surface area contributed by atoms with Crippen LogP contribution in [0.1, 0.15) is 24.5 Å². The molecule has 1 N–H and O–H groups in total. The lowest BCUT2D eigenvalue weighted by Gasteiger charge is -2.22. The molecular formula is C19H23N3O5S. The van der Waals surface area contributed by atoms with E-state index in [1.807, 2.05) is 19.1 Å². The van der Waals surface area contributed by atoms with E-state index in [-0.39, 0.29) is 29.2 Å². The van der Waals surface area contributed by atoms with Crippen molar-refractivity contribution in [3.05, 3.63) is 63.7 Å². The van der Waals surface area contributed by atoms with E-state index < -0.39 is 20.9 Å². The van der Waals surface area contributed by atoms with Gasteiger partial charge in [0.05, 0.1) is 16.4 Å². The Morgan fingerprint density at radius 1 is 1.14 bits per heavy atom. The van der Waals surface area contributed by atoms with Crippen molar-refractivity contribution in [3.8, 4) is 0 Å². The van der Waals surface area contributed by atoms with E-state index >= 15 is 0 Å². The summed E-state index contributed by atoms with van der Waals surface area (Å²) in [6.07, 6.45) is 0.491. The maximum atomic E-state index is 13.1. The molecular weight excluding hydrogens is 382 g/mol. The molecule has 0 aliphatic carbocycles. The lowest BCUT2D eigenvalue weighted by atomic mass is 10.2. The smallest absolute Gasteiger partial charge is 0.273 e. The number of nitrogens with zero attached hydrogens (tertiary/aromatic N) is 2. The highest BCUT2D eigenvalue weighted by Gasteiger charge is 2.30. The van der Waals surface area contributed by atoms with Gasteiger partial charge in [0.1, 0.15) is 0 Å². The minimum absolute atomic E-state index is 0.0490. The fourth-order valence-corrected chi connectivity index (χ4v) is 4.55. The van der Waals surface area contributed by atoms with Gasteiger partial charge in [-0.1, -0.05) is 31.2 Å². The van der Waals surface area contributed by atoms with Gasteiger partial charge in [0.25, 0.3) is 5.69 Å². The number of sulfonamides is 1. The van der Waals surface area contributed by atoms with E-state index in [1.54, 1.807) is 19.1 Å². The second kappa shape index (κ2) is 8.94. The Labute approximate surface area is 164 Å². The van der Waals surface area contributed by atoms with Gasteiger partial charge in [-0.25, -0.2) is 8.42 Å². The molecule has 9 heteroatoms. The van der Waals surface area contributed by atoms with Crippen LogP contribution in [0.3, 0.4) is 0 Å². The first-order chi connectivity index (χ1) is 13.2. The number of para-hydroxylation sites is 1. The maximum Gasteiger partial charge on any atom is 0.273 e. The molecule has 0 heterocycles. The third-order valence-corrected chi connectivity index (χ3v) is 6.27. The Morgan fingerprint density at radius 3 is 2.43 bits per heavy atom. The number of hydrogen-bond acceptors (Lipinski definition) is 5. The summed E-state index contributed by atoms with van der Waals surface area (Å²) < 4.78 is 27.2. The SMILES string of the molecule is CCCN(CC(=O)Nc1ccccc1C)S(=O)(=O)c1cccc([N+](=O)[O-])c1C. The fourth-order valence-electron chi connectivity index (χ4n) is 2.82. The molecule has 0 atom stereocenters. The van der Waals surface area contributed by atoms with Crippen LogP contribution in [0.4, 0.5) is 11.4 Å². The minimum Gasteiger partial charge on any atom is -0.325 e. The number of anilines is 1. The maximum absolute atomic E-state index is 13.1. The lowest BCUT2D eigenvalue weighted by molar-refractivity contribution is -0.385. The van der Waals surface area contributed by atoms with Gasteiger partial charge in [0, 0.05) is 23.9 Å². The van der Waals surface area contributed by atoms with Crippen molar-refractivity contribution in [2.24, 2.45) is 0 Å². The summed E-state index contributed by atoms with van der Waals surface area (Å²) in [5, 5.41) is 13.9. The number of nitro benzene ring substituents is 1. The molecule has 0 bridgehead atoms. The van der Waals surface area contributed by atoms with E-state index in [4.69, 9.17) is 0 Å². The molecule has 0 aromatic heterocycles. The third kappa shape index (κ3) is 4.73. The standard InChI is InChI=1S/C19H23N3O5S/c1-4-12-21(13-19(23)20-16-9-6-5-8-14(16)2)28(26,27)18-11-7-10-17(15(18)3)22(24)25/h5-11H,4,12-13H2,1-3H3,(H,20,23). The molecule has 0 aliphatic rings. The molecule has 2 aromatic rings. The average Bonchev–Trinajstić information content (AvgIpc) is 2.63. The average molecular weight is 405 g/mol. The lowest BCUT2D eigenvalue weighted by Crippen LogP contribution is -2.38. The fraction of sp³-hybridized carbons (Fsp3) is 0.316. The molecule has 0 saturated carbocycles. The topological polar surface area (TPSA) is 110 Å². The highest BCUT2D eigenvalue weighted by atomic mass is 32.2. The van der Waals surface area contributed by atoms with Crippen LogP contribution in [0, 0.1) is 24.0 Å². The van der Waals surface area contributed by atoms with Crippen LogP contribution in [0.5, 0.6) is 0 Å². The van der Waals surface area contributed by atoms with Crippen molar-refractivity contribution in [3.63, 3.8) is 0 Å². The van der Waals surface area contributed by atoms with Gasteiger partial charge in [-0.2, -0.15) is 4.31 Å². The molecule has 1 amide bonds. The van der Waals surface area contributed by atoms with Crippen LogP contribution in [0.25, 0.3) is 0 Å². The predicted molar refractivity (Wildman–Crippen MR) is 107 cm³/mol. The first-order valence-electron chi connectivity index (χ1n) is 8.78. The first-order valence-corrected chi connectivity index (χ1v) is 10.2. The van der Waals surface area contributed by atoms with Gasteiger partial charge in [0.15, 0.2) is 0 Å². The molecule has 28 heavy (non-hydrogen) atoms. The Bertz CT molecular complexity index is 989. The Kier molecular flexibility index (Phi) is 6.87. The van der Waals surface area contributed by atoms with Crippen LogP contribution in [-0.2, 0) is 14.8 Å². The first kappa shape index (κ1) is 21.5. The number of nitro groups is 1. The van der Waals surface area contributed by atoms with Crippen molar-refractivity contribution in [1.82, 2.24) is 4.31 Å². The van der Waals surface area contributed by atoms with Crippen molar-refractivity contribution < 1.29 is 18.1 Å². The van der Waals surface area contributed by atoms with Crippen LogP contribution >= 0.6 is 0 Å². The second-order valence-electron chi connectivity index (χ2n) is 6.36. The number of carbonyl (C=O) groups excluding carboxylic acids is 1. The van der Waals surface area contributed by atoms with Gasteiger partial charge in [-0.05, 0) is 38.0 Å². The zero-order valence-electron chi connectivity index (χ0n) is 16.0. The number of hydrogen-bond donors (Lipinski definition) is 1. The minimum atomic E-state index is -4.08. The molecule has 0 radical (unpaired) electrons. The summed E-state index contributed by atoms with van der Waals surface area (Å²) in [5.41, 5.74) is 1.23. The number of carbonyl (C=O) groups is 1. The molecule has 0 aliphatic heterocycles. The van der Waals surface area contributed by atoms with Crippen molar-refractivity contribution in [2.45, 2.75) is 32.1 Å². The monoisotopic (exact) mass is 405 g/mol. The summed E-state index contributed by atoms with van der Waals surface area (Å²) in [6, 6.07) is 11.1. The Balaban J connectivity index is 2.32. The molecule has 0 saturated heterocycles. The Morgan fingerprint density at radius 2 is 1.82 bits per heavy atom. The number of aryl methyl sites for hydroxylation is 1. The number of nitrogens with one attached hydrogen (secondary N) is 1. The normalized spacial score (nSPS) is 11.4. The van der Waals surface area contributed by atoms with Gasteiger partial charge >= 0.3 is 0 Å². The number of benzene rings is 2. The van der Waals surface area contributed by atoms with Gasteiger partial charge in [-0.3, -0.25) is 14.9 Å². The van der Waals surface area contributed by atoms with Crippen molar-refractivity contribution >= 4 is 27.3 Å². The summed E-state index contributed by atoms with van der Waals surface area (Å²) in [7, 11) is -4.08. The zero-order chi connectivity index (χ0) is 20.9. The molecule has 2 rings (SSSR count). The predicted octanol–water partition coefficient (Wildman–Crippen LogP) is 3.25. The van der Waals surface area contributed by atoms with Crippen molar-refractivity contribution in [1.29, 1.82) is 0 Å². The largest absolute Gasteiger partial charge is 0.325 e. The van der Waals surface area contributed by atoms with Crippen LogP contribution < -0.4 is 5.32 Å². The van der Waals surface area contributed by atoms with E-state index in [0.717, 1.165) is 9.87 Å². The van der Waals surface area contributed by atoms with Gasteiger partial charge in [0.2, 0.25) is 15.9 Å². The van der Waals surface area contributed by atoms with Crippen LogP contribution in [0.15, 0.2) is 47.4 Å². The van der Waals surface area contributed by atoms with E-state index in [1.165, 1.54) is 25.1 Å². The summed E-state index contributed by atoms with van der Waals surface area (Å²) in [6.45, 7) is 4.76. The van der Waals surface area contributed by atoms with Gasteiger partial charge in [-0.15, -0.1) is 0 Å². The molecule has 0 spiro atoms. The quantitative estimate of drug-likeness (QED) is 0.535. The third-order valence-electron chi connectivity index (χ3n) is 4.28. The summed E-state index contributed by atoms with van der Waals surface area (Å²) >= 11 is 0. The highest BCUT2D eigenvalue weighted by Crippen LogP contribution is 2.27. The van der Waals surface area contributed by atoms with E-state index in [0.29, 0.717) is 12.1 Å². The second-order valence-corrected chi connectivity index (χ2v) is 8.27. The van der Waals surface area contributed by atoms with Crippen molar-refractivity contribution in [2.75, 3.05) is 18.4 Å². The summed E-state index contributed by atoms with van der Waals surface area (Å²) in [4.78, 5) is 22.8. The Hall–Kier alpha value is -2.78. The van der Waals surface area contributed by atoms with E-state index in [9.17, 15) is 23.3 Å². The van der Waals surface area contributed by atoms with E-state index in [2.05, 4.69) is 5.32 Å².